The van der Waals surface area contributed by atoms with E-state index in [0.717, 1.165) is 5.69 Å². The molecule has 1 aromatic heterocycles. The number of likely N-dealkylation sites (N-methyl/N-ethyl adjacent to an activating group) is 1. The topological polar surface area (TPSA) is 83.8 Å². The van der Waals surface area contributed by atoms with E-state index < -0.39 is 5.54 Å². The van der Waals surface area contributed by atoms with Crippen LogP contribution in [0, 0.1) is 6.92 Å². The lowest BCUT2D eigenvalue weighted by molar-refractivity contribution is -0.126. The fourth-order valence-electron chi connectivity index (χ4n) is 3.42. The number of amides is 2. The van der Waals surface area contributed by atoms with Crippen molar-refractivity contribution in [1.29, 1.82) is 0 Å². The summed E-state index contributed by atoms with van der Waals surface area (Å²) in [5.41, 5.74) is 0.0242. The van der Waals surface area contributed by atoms with Gasteiger partial charge in [0.1, 0.15) is 17.0 Å². The number of benzene rings is 1. The highest BCUT2D eigenvalue weighted by Gasteiger charge is 2.42. The van der Waals surface area contributed by atoms with Crippen LogP contribution < -0.4 is 15.4 Å². The lowest BCUT2D eigenvalue weighted by Gasteiger charge is -2.41. The molecule has 0 unspecified atom stereocenters. The van der Waals surface area contributed by atoms with Crippen molar-refractivity contribution < 1.29 is 18.7 Å². The van der Waals surface area contributed by atoms with Gasteiger partial charge < -0.3 is 24.7 Å². The molecule has 7 nitrogen and oxygen atoms in total. The first-order valence-electron chi connectivity index (χ1n) is 8.97. The van der Waals surface area contributed by atoms with Crippen LogP contribution in [0.4, 0.5) is 5.69 Å². The third kappa shape index (κ3) is 3.92. The fourth-order valence-corrected chi connectivity index (χ4v) is 3.42. The molecule has 1 aliphatic heterocycles. The first-order valence-corrected chi connectivity index (χ1v) is 8.97. The molecule has 0 aliphatic carbocycles. The van der Waals surface area contributed by atoms with Crippen molar-refractivity contribution in [3.63, 3.8) is 0 Å². The van der Waals surface area contributed by atoms with E-state index in [0.29, 0.717) is 43.2 Å². The highest BCUT2D eigenvalue weighted by molar-refractivity contribution is 5.93. The van der Waals surface area contributed by atoms with Crippen LogP contribution in [-0.4, -0.2) is 49.5 Å². The molecular weight excluding hydrogens is 346 g/mol. The Labute approximate surface area is 158 Å². The second kappa shape index (κ2) is 7.73. The van der Waals surface area contributed by atoms with Gasteiger partial charge in [0.25, 0.3) is 5.91 Å². The van der Waals surface area contributed by atoms with E-state index in [1.165, 1.54) is 0 Å². The van der Waals surface area contributed by atoms with E-state index in [9.17, 15) is 9.59 Å². The normalized spacial score (nSPS) is 15.9. The van der Waals surface area contributed by atoms with Crippen molar-refractivity contribution in [3.8, 4) is 5.75 Å². The van der Waals surface area contributed by atoms with E-state index >= 15 is 0 Å². The lowest BCUT2D eigenvalue weighted by atomic mass is 9.86. The minimum Gasteiger partial charge on any atom is -0.497 e. The Morgan fingerprint density at radius 2 is 1.93 bits per heavy atom. The molecule has 7 heteroatoms. The summed E-state index contributed by atoms with van der Waals surface area (Å²) in [5.74, 6) is 1.52. The molecule has 1 saturated heterocycles. The van der Waals surface area contributed by atoms with Gasteiger partial charge in [-0.05, 0) is 44.0 Å². The zero-order valence-electron chi connectivity index (χ0n) is 15.9. The predicted octanol–water partition coefficient (Wildman–Crippen LogP) is 2.43. The number of hydrogen-bond donors (Lipinski definition) is 2. The number of ether oxygens (including phenoxy) is 1. The minimum absolute atomic E-state index is 0.0914. The van der Waals surface area contributed by atoms with Crippen LogP contribution in [0.2, 0.25) is 0 Å². The zero-order valence-corrected chi connectivity index (χ0v) is 15.9. The molecule has 2 N–H and O–H groups in total. The number of hydrogen-bond acceptors (Lipinski definition) is 5. The smallest absolute Gasteiger partial charge is 0.289 e. The predicted molar refractivity (Wildman–Crippen MR) is 102 cm³/mol. The Hall–Kier alpha value is -2.96. The number of rotatable bonds is 5. The molecule has 1 fully saturated rings. The summed E-state index contributed by atoms with van der Waals surface area (Å²) in [6.45, 7) is 2.73. The van der Waals surface area contributed by atoms with Crippen LogP contribution in [0.3, 0.4) is 0 Å². The van der Waals surface area contributed by atoms with Gasteiger partial charge in [0, 0.05) is 31.9 Å². The summed E-state index contributed by atoms with van der Waals surface area (Å²) in [6, 6.07) is 10.9. The number of aryl methyl sites for hydroxylation is 1. The molecule has 0 radical (unpaired) electrons. The Kier molecular flexibility index (Phi) is 5.39. The van der Waals surface area contributed by atoms with Crippen molar-refractivity contribution in [2.75, 3.05) is 32.6 Å². The molecule has 1 aromatic carbocycles. The van der Waals surface area contributed by atoms with Crippen molar-refractivity contribution in [1.82, 2.24) is 10.2 Å². The largest absolute Gasteiger partial charge is 0.497 e. The first-order chi connectivity index (χ1) is 13.0. The Morgan fingerprint density at radius 3 is 2.52 bits per heavy atom. The summed E-state index contributed by atoms with van der Waals surface area (Å²) in [7, 11) is 3.23. The summed E-state index contributed by atoms with van der Waals surface area (Å²) < 4.78 is 10.7. The molecule has 2 amide bonds. The fraction of sp³-hybridized carbons (Fsp3) is 0.400. The van der Waals surface area contributed by atoms with Gasteiger partial charge in [-0.2, -0.15) is 0 Å². The van der Waals surface area contributed by atoms with E-state index in [4.69, 9.17) is 9.15 Å². The van der Waals surface area contributed by atoms with E-state index in [1.54, 1.807) is 31.2 Å². The summed E-state index contributed by atoms with van der Waals surface area (Å²) in [4.78, 5) is 27.0. The van der Waals surface area contributed by atoms with Crippen LogP contribution in [0.15, 0.2) is 40.8 Å². The first kappa shape index (κ1) is 18.8. The average molecular weight is 371 g/mol. The van der Waals surface area contributed by atoms with Gasteiger partial charge in [0.05, 0.1) is 7.11 Å². The molecule has 144 valence electrons. The number of nitrogens with one attached hydrogen (secondary N) is 2. The quantitative estimate of drug-likeness (QED) is 0.843. The van der Waals surface area contributed by atoms with Crippen LogP contribution in [-0.2, 0) is 4.79 Å². The monoisotopic (exact) mass is 371 g/mol. The number of carbonyl (C=O) groups excluding carboxylic acids is 2. The van der Waals surface area contributed by atoms with Gasteiger partial charge >= 0.3 is 0 Å². The van der Waals surface area contributed by atoms with E-state index in [2.05, 4.69) is 10.6 Å². The summed E-state index contributed by atoms with van der Waals surface area (Å²) >= 11 is 0. The lowest BCUT2D eigenvalue weighted by Crippen LogP contribution is -2.58. The van der Waals surface area contributed by atoms with Crippen LogP contribution >= 0.6 is 0 Å². The summed E-state index contributed by atoms with van der Waals surface area (Å²) in [6.07, 6.45) is 0.991. The van der Waals surface area contributed by atoms with Crippen LogP contribution in [0.5, 0.6) is 5.75 Å². The van der Waals surface area contributed by atoms with Gasteiger partial charge in [0.2, 0.25) is 5.91 Å². The molecule has 3 rings (SSSR count). The van der Waals surface area contributed by atoms with Crippen molar-refractivity contribution >= 4 is 17.5 Å². The molecule has 2 heterocycles. The number of anilines is 1. The van der Waals surface area contributed by atoms with E-state index in [1.807, 2.05) is 31.2 Å². The second-order valence-electron chi connectivity index (χ2n) is 6.72. The van der Waals surface area contributed by atoms with Crippen molar-refractivity contribution in [2.24, 2.45) is 0 Å². The van der Waals surface area contributed by atoms with Crippen molar-refractivity contribution in [3.05, 3.63) is 47.9 Å². The van der Waals surface area contributed by atoms with E-state index in [-0.39, 0.29) is 11.8 Å². The van der Waals surface area contributed by atoms with Crippen LogP contribution in [0.25, 0.3) is 0 Å². The highest BCUT2D eigenvalue weighted by atomic mass is 16.5. The molecule has 0 spiro atoms. The minimum atomic E-state index is -0.781. The average Bonchev–Trinajstić information content (AvgIpc) is 3.13. The Balaban J connectivity index is 1.75. The molecule has 0 saturated carbocycles. The maximum atomic E-state index is 12.7. The number of furan rings is 1. The maximum absolute atomic E-state index is 12.7. The van der Waals surface area contributed by atoms with Gasteiger partial charge in [-0.25, -0.2) is 0 Å². The van der Waals surface area contributed by atoms with Gasteiger partial charge in [-0.3, -0.25) is 9.59 Å². The van der Waals surface area contributed by atoms with Gasteiger partial charge in [-0.15, -0.1) is 0 Å². The second-order valence-corrected chi connectivity index (χ2v) is 6.72. The zero-order chi connectivity index (χ0) is 19.4. The molecular formula is C20H25N3O4. The number of likely N-dealkylation sites (tertiary alicyclic amines) is 1. The standard InChI is InChI=1S/C20H25N3O4/c1-14-7-8-17(27-14)18(24)23-11-9-20(10-12-23,19(25)21-2)22-15-5-4-6-16(13-15)26-3/h4-8,13,22H,9-12H2,1-3H3,(H,21,25). The molecule has 0 bridgehead atoms. The van der Waals surface area contributed by atoms with Gasteiger partial charge in [-0.1, -0.05) is 6.07 Å². The third-order valence-corrected chi connectivity index (χ3v) is 4.97. The van der Waals surface area contributed by atoms with Crippen LogP contribution in [0.1, 0.15) is 29.2 Å². The van der Waals surface area contributed by atoms with Crippen molar-refractivity contribution in [2.45, 2.75) is 25.3 Å². The number of nitrogens with zero attached hydrogens (tertiary/aromatic N) is 1. The highest BCUT2D eigenvalue weighted by Crippen LogP contribution is 2.30. The Morgan fingerprint density at radius 1 is 1.19 bits per heavy atom. The Bertz CT molecular complexity index is 822. The SMILES string of the molecule is CNC(=O)C1(Nc2cccc(OC)c2)CCN(C(=O)c2ccc(C)o2)CC1. The molecule has 2 aromatic rings. The molecule has 27 heavy (non-hydrogen) atoms. The number of methoxy groups -OCH3 is 1. The third-order valence-electron chi connectivity index (χ3n) is 4.97. The van der Waals surface area contributed by atoms with Gasteiger partial charge in [0.15, 0.2) is 5.76 Å². The summed E-state index contributed by atoms with van der Waals surface area (Å²) in [5, 5.41) is 6.12. The number of carbonyl (C=O) groups is 2. The molecule has 1 aliphatic rings. The number of piperidine rings is 1. The molecule has 0 atom stereocenters. The maximum Gasteiger partial charge on any atom is 0.289 e.